The number of pyridine rings is 1. The third-order valence-electron chi connectivity index (χ3n) is 4.76. The number of benzene rings is 1. The Kier molecular flexibility index (Phi) is 5.91. The van der Waals surface area contributed by atoms with Crippen LogP contribution in [0.25, 0.3) is 22.8 Å². The van der Waals surface area contributed by atoms with Crippen LogP contribution in [0.3, 0.4) is 0 Å². The summed E-state index contributed by atoms with van der Waals surface area (Å²) in [6, 6.07) is 12.9. The number of aromatic nitrogens is 6. The number of carbonyl (C=O) groups is 1. The summed E-state index contributed by atoms with van der Waals surface area (Å²) >= 11 is 1.31. The topological polar surface area (TPSA) is 147 Å². The quantitative estimate of drug-likeness (QED) is 0.281. The van der Waals surface area contributed by atoms with Crippen LogP contribution in [-0.4, -0.2) is 35.8 Å². The van der Waals surface area contributed by atoms with Gasteiger partial charge >= 0.3 is 0 Å². The monoisotopic (exact) mass is 469 g/mol. The molecule has 11 heteroatoms. The first-order valence-corrected chi connectivity index (χ1v) is 11.2. The predicted octanol–water partition coefficient (Wildman–Crippen LogP) is 3.89. The zero-order valence-corrected chi connectivity index (χ0v) is 18.6. The minimum Gasteiger partial charge on any atom is -0.375 e. The Hall–Kier alpha value is -4.64. The van der Waals surface area contributed by atoms with Crippen molar-refractivity contribution in [3.8, 4) is 22.8 Å². The number of nitrogens with zero attached hydrogens (tertiary/aromatic N) is 5. The first kappa shape index (κ1) is 21.2. The molecule has 0 aliphatic heterocycles. The van der Waals surface area contributed by atoms with Crippen molar-refractivity contribution in [2.24, 2.45) is 0 Å². The SMILES string of the molecule is Nc1nc(CC(=O)Nc2cccc(Nc3nccc(-c4cnc(-c5cccnc5)[nH]4)n3)c2)cs1. The van der Waals surface area contributed by atoms with Gasteiger partial charge in [-0.25, -0.2) is 19.9 Å². The molecule has 0 aliphatic carbocycles. The van der Waals surface area contributed by atoms with Crippen LogP contribution in [0.4, 0.5) is 22.5 Å². The molecule has 34 heavy (non-hydrogen) atoms. The van der Waals surface area contributed by atoms with Gasteiger partial charge in [0.1, 0.15) is 5.82 Å². The normalized spacial score (nSPS) is 10.7. The number of carbonyl (C=O) groups excluding carboxylic acids is 1. The summed E-state index contributed by atoms with van der Waals surface area (Å²) in [6.45, 7) is 0. The molecule has 0 radical (unpaired) electrons. The third-order valence-corrected chi connectivity index (χ3v) is 5.48. The van der Waals surface area contributed by atoms with Gasteiger partial charge in [-0.15, -0.1) is 11.3 Å². The van der Waals surface area contributed by atoms with Crippen LogP contribution in [0.2, 0.25) is 0 Å². The molecule has 1 amide bonds. The van der Waals surface area contributed by atoms with Gasteiger partial charge in [-0.05, 0) is 36.4 Å². The summed E-state index contributed by atoms with van der Waals surface area (Å²) in [5, 5.41) is 8.26. The van der Waals surface area contributed by atoms with E-state index < -0.39 is 0 Å². The van der Waals surface area contributed by atoms with E-state index in [0.717, 1.165) is 16.9 Å². The fourth-order valence-corrected chi connectivity index (χ4v) is 3.81. The third kappa shape index (κ3) is 5.05. The van der Waals surface area contributed by atoms with E-state index in [-0.39, 0.29) is 12.3 Å². The van der Waals surface area contributed by atoms with E-state index in [1.807, 2.05) is 24.3 Å². The van der Waals surface area contributed by atoms with Crippen molar-refractivity contribution in [2.45, 2.75) is 6.42 Å². The molecule has 0 saturated carbocycles. The maximum Gasteiger partial charge on any atom is 0.230 e. The van der Waals surface area contributed by atoms with Gasteiger partial charge in [0.25, 0.3) is 0 Å². The van der Waals surface area contributed by atoms with Crippen molar-refractivity contribution in [1.29, 1.82) is 0 Å². The number of amides is 1. The zero-order valence-electron chi connectivity index (χ0n) is 17.8. The highest BCUT2D eigenvalue weighted by Gasteiger charge is 2.10. The van der Waals surface area contributed by atoms with Crippen molar-refractivity contribution in [1.82, 2.24) is 29.9 Å². The van der Waals surface area contributed by atoms with Gasteiger partial charge in [-0.1, -0.05) is 6.07 Å². The number of imidazole rings is 1. The molecule has 10 nitrogen and oxygen atoms in total. The molecule has 0 aliphatic rings. The molecule has 1 aromatic carbocycles. The second-order valence-electron chi connectivity index (χ2n) is 7.26. The molecular formula is C23H19N9OS. The average Bonchev–Trinajstić information content (AvgIpc) is 3.49. The minimum atomic E-state index is -0.177. The van der Waals surface area contributed by atoms with Crippen molar-refractivity contribution < 1.29 is 4.79 Å². The Balaban J connectivity index is 1.28. The second-order valence-corrected chi connectivity index (χ2v) is 8.15. The van der Waals surface area contributed by atoms with Gasteiger partial charge in [0, 0.05) is 40.9 Å². The van der Waals surface area contributed by atoms with Crippen molar-refractivity contribution in [2.75, 3.05) is 16.4 Å². The predicted molar refractivity (Wildman–Crippen MR) is 131 cm³/mol. The smallest absolute Gasteiger partial charge is 0.230 e. The zero-order chi connectivity index (χ0) is 23.3. The maximum atomic E-state index is 12.3. The van der Waals surface area contributed by atoms with Crippen molar-refractivity contribution in [3.05, 3.63) is 78.3 Å². The molecule has 0 spiro atoms. The van der Waals surface area contributed by atoms with Gasteiger partial charge in [-0.2, -0.15) is 0 Å². The Morgan fingerprint density at radius 1 is 1.03 bits per heavy atom. The standard InChI is InChI=1S/C23H19N9OS/c24-22-29-17(13-34-22)10-20(33)28-15-4-1-5-16(9-15)30-23-26-8-6-18(32-23)19-12-27-21(31-19)14-3-2-7-25-11-14/h1-9,11-13H,10H2,(H2,24,29)(H,27,31)(H,28,33)(H,26,30,32). The highest BCUT2D eigenvalue weighted by molar-refractivity contribution is 7.13. The van der Waals surface area contributed by atoms with Gasteiger partial charge in [0.2, 0.25) is 11.9 Å². The Morgan fingerprint density at radius 3 is 2.76 bits per heavy atom. The maximum absolute atomic E-state index is 12.3. The summed E-state index contributed by atoms with van der Waals surface area (Å²) in [4.78, 5) is 37.1. The van der Waals surface area contributed by atoms with E-state index in [1.165, 1.54) is 11.3 Å². The molecule has 4 aromatic heterocycles. The molecule has 4 heterocycles. The van der Waals surface area contributed by atoms with Crippen molar-refractivity contribution in [3.63, 3.8) is 0 Å². The molecule has 0 saturated heterocycles. The van der Waals surface area contributed by atoms with Gasteiger partial charge in [-0.3, -0.25) is 9.78 Å². The number of thiazole rings is 1. The number of H-pyrrole nitrogens is 1. The second kappa shape index (κ2) is 9.46. The Morgan fingerprint density at radius 2 is 1.94 bits per heavy atom. The molecule has 0 bridgehead atoms. The first-order chi connectivity index (χ1) is 16.6. The van der Waals surface area contributed by atoms with E-state index in [9.17, 15) is 4.79 Å². The van der Waals surface area contributed by atoms with Crippen LogP contribution < -0.4 is 16.4 Å². The van der Waals surface area contributed by atoms with E-state index in [4.69, 9.17) is 5.73 Å². The first-order valence-electron chi connectivity index (χ1n) is 10.3. The fraction of sp³-hybridized carbons (Fsp3) is 0.0435. The number of nitrogens with one attached hydrogen (secondary N) is 3. The number of nitrogens with two attached hydrogens (primary N) is 1. The number of rotatable bonds is 7. The molecule has 0 unspecified atom stereocenters. The number of hydrogen-bond donors (Lipinski definition) is 4. The molecule has 0 fully saturated rings. The highest BCUT2D eigenvalue weighted by atomic mass is 32.1. The summed E-state index contributed by atoms with van der Waals surface area (Å²) in [7, 11) is 0. The molecule has 0 atom stereocenters. The Bertz CT molecular complexity index is 1430. The fourth-order valence-electron chi connectivity index (χ4n) is 3.25. The lowest BCUT2D eigenvalue weighted by molar-refractivity contribution is -0.115. The van der Waals surface area contributed by atoms with Gasteiger partial charge in [0.15, 0.2) is 5.13 Å². The van der Waals surface area contributed by atoms with E-state index >= 15 is 0 Å². The summed E-state index contributed by atoms with van der Waals surface area (Å²) in [5.41, 5.74) is 9.97. The van der Waals surface area contributed by atoms with Crippen LogP contribution in [0, 0.1) is 0 Å². The van der Waals surface area contributed by atoms with E-state index in [2.05, 4.69) is 40.5 Å². The lowest BCUT2D eigenvalue weighted by Gasteiger charge is -2.09. The molecule has 168 valence electrons. The van der Waals surface area contributed by atoms with Crippen LogP contribution in [0.15, 0.2) is 72.6 Å². The van der Waals surface area contributed by atoms with Crippen molar-refractivity contribution >= 4 is 39.7 Å². The van der Waals surface area contributed by atoms with Crippen LogP contribution in [0.1, 0.15) is 5.69 Å². The molecule has 5 aromatic rings. The van der Waals surface area contributed by atoms with Crippen LogP contribution in [0.5, 0.6) is 0 Å². The number of anilines is 4. The summed E-state index contributed by atoms with van der Waals surface area (Å²) < 4.78 is 0. The molecule has 5 N–H and O–H groups in total. The van der Waals surface area contributed by atoms with E-state index in [1.54, 1.807) is 48.4 Å². The van der Waals surface area contributed by atoms with Gasteiger partial charge < -0.3 is 21.4 Å². The van der Waals surface area contributed by atoms with Crippen LogP contribution in [-0.2, 0) is 11.2 Å². The lowest BCUT2D eigenvalue weighted by atomic mass is 10.2. The summed E-state index contributed by atoms with van der Waals surface area (Å²) in [6.07, 6.45) is 7.00. The number of aromatic amines is 1. The van der Waals surface area contributed by atoms with E-state index in [0.29, 0.717) is 34.0 Å². The minimum absolute atomic E-state index is 0.154. The van der Waals surface area contributed by atoms with Crippen LogP contribution >= 0.6 is 11.3 Å². The lowest BCUT2D eigenvalue weighted by Crippen LogP contribution is -2.14. The van der Waals surface area contributed by atoms with Gasteiger partial charge in [0.05, 0.1) is 29.7 Å². The summed E-state index contributed by atoms with van der Waals surface area (Å²) in [5.74, 6) is 0.945. The highest BCUT2D eigenvalue weighted by Crippen LogP contribution is 2.23. The molecule has 5 rings (SSSR count). The Labute approximate surface area is 198 Å². The number of hydrogen-bond acceptors (Lipinski definition) is 9. The molecular weight excluding hydrogens is 450 g/mol. The number of nitrogen functional groups attached to an aromatic ring is 1. The largest absolute Gasteiger partial charge is 0.375 e. The average molecular weight is 470 g/mol.